The second-order valence-electron chi connectivity index (χ2n) is 1.71. The summed E-state index contributed by atoms with van der Waals surface area (Å²) < 4.78 is 0. The van der Waals surface area contributed by atoms with Gasteiger partial charge in [-0.2, -0.15) is 11.1 Å². The zero-order chi connectivity index (χ0) is 6.83. The van der Waals surface area contributed by atoms with Gasteiger partial charge in [0.2, 0.25) is 0 Å². The molecule has 2 heteroatoms. The first-order valence-electron chi connectivity index (χ1n) is 3.29. The highest BCUT2D eigenvalue weighted by atomic mass is 35.6. The summed E-state index contributed by atoms with van der Waals surface area (Å²) in [5.74, 6) is 0. The van der Waals surface area contributed by atoms with Crippen LogP contribution in [0.2, 0.25) is 0 Å². The van der Waals surface area contributed by atoms with E-state index in [2.05, 4.69) is 13.8 Å². The molecule has 0 unspecified atom stereocenters. The van der Waals surface area contributed by atoms with Crippen molar-refractivity contribution in [2.24, 2.45) is 0 Å². The molecule has 0 atom stereocenters. The number of rotatable bonds is 3. The van der Waals surface area contributed by atoms with Crippen LogP contribution in [0.4, 0.5) is 0 Å². The van der Waals surface area contributed by atoms with Crippen LogP contribution in [0.5, 0.6) is 0 Å². The summed E-state index contributed by atoms with van der Waals surface area (Å²) in [6.45, 7) is 4.46. The Bertz CT molecular complexity index is 20.5. The van der Waals surface area contributed by atoms with Crippen molar-refractivity contribution < 1.29 is 0 Å². The van der Waals surface area contributed by atoms with Gasteiger partial charge in [-0.05, 0) is 0 Å². The van der Waals surface area contributed by atoms with Gasteiger partial charge < -0.3 is 0 Å². The Labute approximate surface area is 60.7 Å². The molecule has 0 aromatic rings. The zero-order valence-electron chi connectivity index (χ0n) is 6.21. The molecular formula is C6H17ClSi. The van der Waals surface area contributed by atoms with Gasteiger partial charge >= 0.3 is 0 Å². The smallest absolute Gasteiger partial charge is 0.109 e. The molecule has 0 N–H and O–H groups in total. The summed E-state index contributed by atoms with van der Waals surface area (Å²) in [6.07, 6.45) is 5.54. The Morgan fingerprint density at radius 3 is 1.38 bits per heavy atom. The molecule has 0 amide bonds. The average Bonchev–Trinajstić information content (AvgIpc) is 1.88. The van der Waals surface area contributed by atoms with Crippen molar-refractivity contribution in [2.75, 3.05) is 0 Å². The van der Waals surface area contributed by atoms with Gasteiger partial charge in [-0.25, -0.2) is 0 Å². The van der Waals surface area contributed by atoms with Gasteiger partial charge in [0, 0.05) is 0 Å². The lowest BCUT2D eigenvalue weighted by Crippen LogP contribution is -1.66. The Morgan fingerprint density at radius 1 is 1.00 bits per heavy atom. The second-order valence-corrected chi connectivity index (χ2v) is 1.71. The molecule has 0 saturated heterocycles. The normalized spacial score (nSPS) is 7.88. The van der Waals surface area contributed by atoms with Gasteiger partial charge in [0.05, 0.1) is 0 Å². The highest BCUT2D eigenvalue weighted by molar-refractivity contribution is 6.80. The standard InChI is InChI=1S/C6H14.ClH3Si/c1-3-5-6-4-2;1-2/h3-6H2,1-2H3;2H3. The minimum Gasteiger partial charge on any atom is -0.181 e. The van der Waals surface area contributed by atoms with E-state index < -0.39 is 0 Å². The fourth-order valence-electron chi connectivity index (χ4n) is 0.500. The molecule has 0 fully saturated rings. The third-order valence-corrected chi connectivity index (χ3v) is 0.957. The van der Waals surface area contributed by atoms with Crippen molar-refractivity contribution in [1.29, 1.82) is 0 Å². The van der Waals surface area contributed by atoms with Gasteiger partial charge in [-0.15, -0.1) is 0 Å². The summed E-state index contributed by atoms with van der Waals surface area (Å²) >= 11 is 4.78. The summed E-state index contributed by atoms with van der Waals surface area (Å²) in [7, 11) is 0.778. The molecule has 0 aliphatic rings. The first-order chi connectivity index (χ1) is 3.91. The van der Waals surface area contributed by atoms with E-state index in [0.717, 1.165) is 9.55 Å². The van der Waals surface area contributed by atoms with Crippen molar-refractivity contribution in [2.45, 2.75) is 39.5 Å². The lowest BCUT2D eigenvalue weighted by atomic mass is 10.2. The summed E-state index contributed by atoms with van der Waals surface area (Å²) in [5.41, 5.74) is 0. The molecule has 8 heavy (non-hydrogen) atoms. The van der Waals surface area contributed by atoms with Crippen LogP contribution >= 0.6 is 11.1 Å². The van der Waals surface area contributed by atoms with Gasteiger partial charge in [-0.1, -0.05) is 39.5 Å². The molecule has 0 rings (SSSR count). The Morgan fingerprint density at radius 2 is 1.25 bits per heavy atom. The van der Waals surface area contributed by atoms with Gasteiger partial charge in [0.1, 0.15) is 9.55 Å². The molecule has 0 bridgehead atoms. The van der Waals surface area contributed by atoms with E-state index in [4.69, 9.17) is 11.1 Å². The zero-order valence-corrected chi connectivity index (χ0v) is 8.96. The van der Waals surface area contributed by atoms with E-state index in [0.29, 0.717) is 0 Å². The highest BCUT2D eigenvalue weighted by Crippen LogP contribution is 1.95. The Kier molecular flexibility index (Phi) is 22.1. The van der Waals surface area contributed by atoms with Crippen LogP contribution in [0.1, 0.15) is 39.5 Å². The van der Waals surface area contributed by atoms with Crippen molar-refractivity contribution in [3.63, 3.8) is 0 Å². The largest absolute Gasteiger partial charge is 0.181 e. The molecule has 0 saturated carbocycles. The van der Waals surface area contributed by atoms with Gasteiger partial charge in [-0.3, -0.25) is 0 Å². The number of unbranched alkanes of at least 4 members (excludes halogenated alkanes) is 3. The van der Waals surface area contributed by atoms with E-state index in [1.54, 1.807) is 0 Å². The topological polar surface area (TPSA) is 0 Å². The summed E-state index contributed by atoms with van der Waals surface area (Å²) in [4.78, 5) is 0. The van der Waals surface area contributed by atoms with Crippen LogP contribution in [-0.4, -0.2) is 9.55 Å². The number of halogens is 1. The lowest BCUT2D eigenvalue weighted by Gasteiger charge is -1.86. The lowest BCUT2D eigenvalue weighted by molar-refractivity contribution is 0.702. The highest BCUT2D eigenvalue weighted by Gasteiger charge is 1.75. The molecule has 0 radical (unpaired) electrons. The van der Waals surface area contributed by atoms with Crippen molar-refractivity contribution >= 4 is 20.6 Å². The van der Waals surface area contributed by atoms with Crippen LogP contribution in [0, 0.1) is 0 Å². The molecule has 52 valence electrons. The minimum atomic E-state index is 0.778. The Hall–Kier alpha value is 0.507. The third-order valence-electron chi connectivity index (χ3n) is 0.957. The van der Waals surface area contributed by atoms with E-state index in [-0.39, 0.29) is 0 Å². The molecule has 0 nitrogen and oxygen atoms in total. The second kappa shape index (κ2) is 15.6. The molecule has 0 aliphatic heterocycles. The predicted octanol–water partition coefficient (Wildman–Crippen LogP) is 2.09. The first kappa shape index (κ1) is 11.3. The molecule has 0 spiro atoms. The fourth-order valence-corrected chi connectivity index (χ4v) is 0.500. The molecule has 0 heterocycles. The molecule has 0 aromatic carbocycles. The van der Waals surface area contributed by atoms with Crippen molar-refractivity contribution in [1.82, 2.24) is 0 Å². The molecule has 0 aliphatic carbocycles. The third kappa shape index (κ3) is 16.0. The monoisotopic (exact) mass is 152 g/mol. The number of hydrogen-bond acceptors (Lipinski definition) is 0. The van der Waals surface area contributed by atoms with Crippen LogP contribution in [0.15, 0.2) is 0 Å². The van der Waals surface area contributed by atoms with Gasteiger partial charge in [0.25, 0.3) is 0 Å². The maximum atomic E-state index is 4.78. The molecule has 0 aromatic heterocycles. The Balaban J connectivity index is 0. The SMILES string of the molecule is CCCCCC.[SiH3]Cl. The first-order valence-corrected chi connectivity index (χ1v) is 6.32. The maximum Gasteiger partial charge on any atom is 0.109 e. The molecular weight excluding hydrogens is 136 g/mol. The van der Waals surface area contributed by atoms with Crippen molar-refractivity contribution in [3.8, 4) is 0 Å². The summed E-state index contributed by atoms with van der Waals surface area (Å²) in [5, 5.41) is 0. The van der Waals surface area contributed by atoms with E-state index in [9.17, 15) is 0 Å². The minimum absolute atomic E-state index is 0.778. The quantitative estimate of drug-likeness (QED) is 0.330. The summed E-state index contributed by atoms with van der Waals surface area (Å²) in [6, 6.07) is 0. The average molecular weight is 153 g/mol. The van der Waals surface area contributed by atoms with E-state index >= 15 is 0 Å². The number of hydrogen-bond donors (Lipinski definition) is 0. The van der Waals surface area contributed by atoms with Crippen LogP contribution in [-0.2, 0) is 0 Å². The van der Waals surface area contributed by atoms with Crippen molar-refractivity contribution in [3.05, 3.63) is 0 Å². The van der Waals surface area contributed by atoms with E-state index in [1.807, 2.05) is 0 Å². The fraction of sp³-hybridized carbons (Fsp3) is 1.00. The van der Waals surface area contributed by atoms with Crippen LogP contribution < -0.4 is 0 Å². The van der Waals surface area contributed by atoms with E-state index in [1.165, 1.54) is 25.7 Å². The van der Waals surface area contributed by atoms with Crippen LogP contribution in [0.3, 0.4) is 0 Å². The predicted molar refractivity (Wildman–Crippen MR) is 45.6 cm³/mol. The van der Waals surface area contributed by atoms with Gasteiger partial charge in [0.15, 0.2) is 0 Å². The van der Waals surface area contributed by atoms with Crippen LogP contribution in [0.25, 0.3) is 0 Å². The maximum absolute atomic E-state index is 4.78.